The van der Waals surface area contributed by atoms with Crippen LogP contribution in [0.2, 0.25) is 0 Å². The highest BCUT2D eigenvalue weighted by molar-refractivity contribution is 7.91. The van der Waals surface area contributed by atoms with E-state index >= 15 is 0 Å². The molecule has 1 fully saturated rings. The first-order valence-electron chi connectivity index (χ1n) is 9.76. The van der Waals surface area contributed by atoms with Gasteiger partial charge in [-0.2, -0.15) is 0 Å². The highest BCUT2D eigenvalue weighted by Crippen LogP contribution is 2.26. The molecule has 0 radical (unpaired) electrons. The third-order valence-corrected chi connectivity index (χ3v) is 8.07. The molecule has 0 aromatic carbocycles. The summed E-state index contributed by atoms with van der Waals surface area (Å²) in [6, 6.07) is 3.18. The highest BCUT2D eigenvalue weighted by atomic mass is 32.2. The zero-order valence-corrected chi connectivity index (χ0v) is 18.5. The molecule has 0 spiro atoms. The van der Waals surface area contributed by atoms with Crippen LogP contribution in [0, 0.1) is 11.8 Å². The van der Waals surface area contributed by atoms with Gasteiger partial charge in [-0.25, -0.2) is 13.1 Å². The van der Waals surface area contributed by atoms with E-state index in [2.05, 4.69) is 28.8 Å². The second-order valence-electron chi connectivity index (χ2n) is 7.89. The summed E-state index contributed by atoms with van der Waals surface area (Å²) in [7, 11) is -3.48. The number of hydrogen-bond donors (Lipinski definition) is 2. The van der Waals surface area contributed by atoms with Gasteiger partial charge in [0.1, 0.15) is 4.21 Å². The quantitative estimate of drug-likeness (QED) is 0.608. The number of piperidine rings is 1. The van der Waals surface area contributed by atoms with Crippen LogP contribution < -0.4 is 10.0 Å². The summed E-state index contributed by atoms with van der Waals surface area (Å²) in [6.07, 6.45) is 3.13. The van der Waals surface area contributed by atoms with Gasteiger partial charge >= 0.3 is 0 Å². The second-order valence-corrected chi connectivity index (χ2v) is 11.0. The molecule has 27 heavy (non-hydrogen) atoms. The Kier molecular flexibility index (Phi) is 8.27. The van der Waals surface area contributed by atoms with Gasteiger partial charge < -0.3 is 10.2 Å². The van der Waals surface area contributed by atoms with E-state index in [1.807, 2.05) is 6.92 Å². The molecule has 2 rings (SSSR count). The van der Waals surface area contributed by atoms with Crippen molar-refractivity contribution in [1.29, 1.82) is 0 Å². The number of likely N-dealkylation sites (tertiary alicyclic amines) is 1. The number of sulfonamides is 1. The maximum absolute atomic E-state index is 12.4. The van der Waals surface area contributed by atoms with E-state index in [0.717, 1.165) is 49.2 Å². The molecule has 1 aromatic rings. The largest absolute Gasteiger partial charge is 0.349 e. The number of nitrogens with zero attached hydrogens (tertiary/aromatic N) is 1. The molecule has 0 saturated carbocycles. The van der Waals surface area contributed by atoms with Crippen molar-refractivity contribution < 1.29 is 13.2 Å². The van der Waals surface area contributed by atoms with Crippen LogP contribution >= 0.6 is 11.3 Å². The maximum atomic E-state index is 12.4. The molecule has 8 heteroatoms. The third-order valence-electron chi connectivity index (χ3n) is 4.85. The molecule has 2 heterocycles. The molecule has 1 saturated heterocycles. The highest BCUT2D eigenvalue weighted by Gasteiger charge is 2.21. The van der Waals surface area contributed by atoms with Crippen molar-refractivity contribution in [3.8, 4) is 0 Å². The lowest BCUT2D eigenvalue weighted by Crippen LogP contribution is -2.39. The Morgan fingerprint density at radius 1 is 1.26 bits per heavy atom. The second kappa shape index (κ2) is 10.0. The number of hydrogen-bond acceptors (Lipinski definition) is 5. The minimum atomic E-state index is -3.48. The van der Waals surface area contributed by atoms with E-state index < -0.39 is 10.0 Å². The number of rotatable bonds is 9. The van der Waals surface area contributed by atoms with Crippen LogP contribution in [-0.2, 0) is 14.8 Å². The molecule has 0 unspecified atom stereocenters. The van der Waals surface area contributed by atoms with Crippen molar-refractivity contribution in [3.05, 3.63) is 17.0 Å². The Bertz CT molecular complexity index is 708. The normalized spacial score (nSPS) is 22.5. The van der Waals surface area contributed by atoms with Gasteiger partial charge in [0.25, 0.3) is 0 Å². The first-order chi connectivity index (χ1) is 12.7. The lowest BCUT2D eigenvalue weighted by atomic mass is 9.92. The van der Waals surface area contributed by atoms with Gasteiger partial charge in [0.05, 0.1) is 6.04 Å². The average Bonchev–Trinajstić information content (AvgIpc) is 3.04. The SMILES string of the molecule is CC(=O)N[C@@H](C)c1ccc(S(=O)(=O)NCCCCN2C[C@H](C)C[C@@H](C)C2)s1. The van der Waals surface area contributed by atoms with Crippen LogP contribution in [-0.4, -0.2) is 45.4 Å². The summed E-state index contributed by atoms with van der Waals surface area (Å²) in [5.74, 6) is 1.37. The summed E-state index contributed by atoms with van der Waals surface area (Å²) in [5.41, 5.74) is 0. The molecule has 1 aromatic heterocycles. The number of carbonyl (C=O) groups excluding carboxylic acids is 1. The number of thiophene rings is 1. The smallest absolute Gasteiger partial charge is 0.250 e. The van der Waals surface area contributed by atoms with E-state index in [0.29, 0.717) is 10.8 Å². The summed E-state index contributed by atoms with van der Waals surface area (Å²) in [5, 5.41) is 2.77. The minimum absolute atomic E-state index is 0.129. The van der Waals surface area contributed by atoms with E-state index in [9.17, 15) is 13.2 Å². The molecule has 2 N–H and O–H groups in total. The molecule has 1 aliphatic rings. The van der Waals surface area contributed by atoms with Crippen molar-refractivity contribution in [1.82, 2.24) is 14.9 Å². The maximum Gasteiger partial charge on any atom is 0.250 e. The van der Waals surface area contributed by atoms with Crippen molar-refractivity contribution in [2.75, 3.05) is 26.2 Å². The monoisotopic (exact) mass is 415 g/mol. The van der Waals surface area contributed by atoms with Crippen LogP contribution in [0.25, 0.3) is 0 Å². The first-order valence-corrected chi connectivity index (χ1v) is 12.1. The fourth-order valence-electron chi connectivity index (χ4n) is 3.80. The molecule has 6 nitrogen and oxygen atoms in total. The standard InChI is InChI=1S/C19H33N3O3S2/c1-14-11-15(2)13-22(12-14)10-6-5-9-20-27(24,25)19-8-7-18(26-19)16(3)21-17(4)23/h7-8,14-16,20H,5-6,9-13H2,1-4H3,(H,21,23)/t14-,15-,16+/m1/s1. The number of carbonyl (C=O) groups is 1. The van der Waals surface area contributed by atoms with Crippen LogP contribution in [0.4, 0.5) is 0 Å². The Morgan fingerprint density at radius 2 is 1.93 bits per heavy atom. The van der Waals surface area contributed by atoms with E-state index in [1.165, 1.54) is 24.7 Å². The first kappa shape index (κ1) is 22.3. The summed E-state index contributed by atoms with van der Waals surface area (Å²) < 4.78 is 27.9. The predicted octanol–water partition coefficient (Wildman–Crippen LogP) is 2.98. The molecular formula is C19H33N3O3S2. The van der Waals surface area contributed by atoms with Gasteiger partial charge in [-0.05, 0) is 56.7 Å². The van der Waals surface area contributed by atoms with E-state index in [1.54, 1.807) is 12.1 Å². The molecule has 0 bridgehead atoms. The Morgan fingerprint density at radius 3 is 2.56 bits per heavy atom. The topological polar surface area (TPSA) is 78.5 Å². The fourth-order valence-corrected chi connectivity index (χ4v) is 6.25. The fraction of sp³-hybridized carbons (Fsp3) is 0.737. The van der Waals surface area contributed by atoms with Crippen LogP contribution in [0.15, 0.2) is 16.3 Å². The number of amides is 1. The van der Waals surface area contributed by atoms with Gasteiger partial charge in [0, 0.05) is 31.4 Å². The van der Waals surface area contributed by atoms with Gasteiger partial charge in [0.2, 0.25) is 15.9 Å². The van der Waals surface area contributed by atoms with Crippen molar-refractivity contribution in [2.45, 2.75) is 57.2 Å². The molecule has 1 amide bonds. The van der Waals surface area contributed by atoms with Crippen molar-refractivity contribution >= 4 is 27.3 Å². The van der Waals surface area contributed by atoms with E-state index in [4.69, 9.17) is 0 Å². The van der Waals surface area contributed by atoms with Crippen molar-refractivity contribution in [2.24, 2.45) is 11.8 Å². The Balaban J connectivity index is 1.75. The van der Waals surface area contributed by atoms with Gasteiger partial charge in [-0.3, -0.25) is 4.79 Å². The molecule has 154 valence electrons. The summed E-state index contributed by atoms with van der Waals surface area (Å²) >= 11 is 1.20. The van der Waals surface area contributed by atoms with Crippen molar-refractivity contribution in [3.63, 3.8) is 0 Å². The van der Waals surface area contributed by atoms with Crippen LogP contribution in [0.3, 0.4) is 0 Å². The zero-order chi connectivity index (χ0) is 20.0. The van der Waals surface area contributed by atoms with Gasteiger partial charge in [-0.1, -0.05) is 13.8 Å². The number of nitrogens with one attached hydrogen (secondary N) is 2. The van der Waals surface area contributed by atoms with Crippen LogP contribution in [0.5, 0.6) is 0 Å². The minimum Gasteiger partial charge on any atom is -0.349 e. The summed E-state index contributed by atoms with van der Waals surface area (Å²) in [6.45, 7) is 11.7. The molecular weight excluding hydrogens is 382 g/mol. The number of unbranched alkanes of at least 4 members (excludes halogenated alkanes) is 1. The zero-order valence-electron chi connectivity index (χ0n) is 16.8. The Hall–Kier alpha value is -0.960. The lowest BCUT2D eigenvalue weighted by molar-refractivity contribution is -0.119. The third kappa shape index (κ3) is 7.18. The summed E-state index contributed by atoms with van der Waals surface area (Å²) in [4.78, 5) is 14.5. The van der Waals surface area contributed by atoms with Gasteiger partial charge in [0.15, 0.2) is 0 Å². The average molecular weight is 416 g/mol. The van der Waals surface area contributed by atoms with Crippen LogP contribution in [0.1, 0.15) is 57.9 Å². The Labute approximate surface area is 167 Å². The van der Waals surface area contributed by atoms with Gasteiger partial charge in [-0.15, -0.1) is 11.3 Å². The molecule has 0 aliphatic carbocycles. The van der Waals surface area contributed by atoms with E-state index in [-0.39, 0.29) is 11.9 Å². The predicted molar refractivity (Wildman–Crippen MR) is 110 cm³/mol. The molecule has 3 atom stereocenters. The molecule has 1 aliphatic heterocycles. The lowest BCUT2D eigenvalue weighted by Gasteiger charge is -2.34.